The van der Waals surface area contributed by atoms with Crippen LogP contribution in [0.2, 0.25) is 5.02 Å². The molecule has 0 aromatic heterocycles. The molecule has 0 atom stereocenters. The summed E-state index contributed by atoms with van der Waals surface area (Å²) in [5.41, 5.74) is 1.15. The average molecular weight is 394 g/mol. The topological polar surface area (TPSA) is 99.5 Å². The van der Waals surface area contributed by atoms with Crippen molar-refractivity contribution in [3.05, 3.63) is 53.1 Å². The van der Waals surface area contributed by atoms with Crippen molar-refractivity contribution in [2.24, 2.45) is 0 Å². The quantitative estimate of drug-likeness (QED) is 0.813. The van der Waals surface area contributed by atoms with Crippen LogP contribution in [0.5, 0.6) is 5.75 Å². The molecule has 7 nitrogen and oxygen atoms in total. The number of carbonyl (C=O) groups is 1. The Labute approximate surface area is 156 Å². The zero-order chi connectivity index (χ0) is 19.3. The molecular weight excluding hydrogens is 378 g/mol. The Morgan fingerprint density at radius 2 is 1.92 bits per heavy atom. The Morgan fingerprint density at radius 3 is 2.42 bits per heavy atom. The molecule has 0 aliphatic rings. The Kier molecular flexibility index (Phi) is 6.08. The molecule has 26 heavy (non-hydrogen) atoms. The summed E-state index contributed by atoms with van der Waals surface area (Å²) in [6.07, 6.45) is 1.00. The van der Waals surface area contributed by atoms with E-state index >= 15 is 0 Å². The summed E-state index contributed by atoms with van der Waals surface area (Å²) in [5, 5.41) is 11.6. The third-order valence-corrected chi connectivity index (χ3v) is 4.84. The number of sulfonamides is 1. The van der Waals surface area contributed by atoms with E-state index in [1.165, 1.54) is 25.3 Å². The molecule has 2 rings (SSSR count). The Balaban J connectivity index is 2.21. The fourth-order valence-corrected chi connectivity index (χ4v) is 3.27. The number of hydrogen-bond acceptors (Lipinski definition) is 5. The van der Waals surface area contributed by atoms with Crippen LogP contribution in [0.25, 0.3) is 0 Å². The van der Waals surface area contributed by atoms with Gasteiger partial charge in [-0.3, -0.25) is 9.10 Å². The molecule has 0 radical (unpaired) electrons. The summed E-state index contributed by atoms with van der Waals surface area (Å²) in [7, 11) is -2.28. The molecule has 0 saturated heterocycles. The molecule has 0 unspecified atom stereocenters. The Morgan fingerprint density at radius 1 is 1.27 bits per heavy atom. The number of anilines is 2. The van der Waals surface area contributed by atoms with Crippen molar-refractivity contribution in [3.63, 3.8) is 0 Å². The van der Waals surface area contributed by atoms with Crippen LogP contribution in [-0.4, -0.2) is 34.2 Å². The predicted octanol–water partition coefficient (Wildman–Crippen LogP) is 2.62. The number of halogens is 1. The van der Waals surface area contributed by atoms with E-state index in [4.69, 9.17) is 21.6 Å². The fraction of sp³-hybridized carbons (Fsp3) is 0.176. The van der Waals surface area contributed by atoms with Gasteiger partial charge in [-0.05, 0) is 42.5 Å². The van der Waals surface area contributed by atoms with Crippen molar-refractivity contribution in [2.75, 3.05) is 29.5 Å². The SMILES string of the molecule is COc1ccc(N(CC(=O)Nc2ccc(C#N)cc2)S(C)(=O)=O)cc1Cl. The minimum Gasteiger partial charge on any atom is -0.495 e. The van der Waals surface area contributed by atoms with E-state index in [2.05, 4.69) is 5.32 Å². The van der Waals surface area contributed by atoms with Gasteiger partial charge in [0.25, 0.3) is 0 Å². The van der Waals surface area contributed by atoms with Crippen LogP contribution in [0.15, 0.2) is 42.5 Å². The highest BCUT2D eigenvalue weighted by Gasteiger charge is 2.22. The molecule has 0 aliphatic carbocycles. The molecule has 0 aliphatic heterocycles. The maximum atomic E-state index is 12.3. The molecule has 9 heteroatoms. The number of nitrogens with one attached hydrogen (secondary N) is 1. The minimum absolute atomic E-state index is 0.228. The number of nitrogens with zero attached hydrogens (tertiary/aromatic N) is 2. The summed E-state index contributed by atoms with van der Waals surface area (Å²) in [6, 6.07) is 12.6. The van der Waals surface area contributed by atoms with Gasteiger partial charge in [0.15, 0.2) is 0 Å². The lowest BCUT2D eigenvalue weighted by Crippen LogP contribution is -2.37. The maximum absolute atomic E-state index is 12.3. The van der Waals surface area contributed by atoms with Crippen molar-refractivity contribution in [3.8, 4) is 11.8 Å². The number of ether oxygens (including phenoxy) is 1. The normalized spacial score (nSPS) is 10.7. The van der Waals surface area contributed by atoms with Crippen LogP contribution in [-0.2, 0) is 14.8 Å². The molecular formula is C17H16ClN3O4S. The summed E-state index contributed by atoms with van der Waals surface area (Å²) < 4.78 is 30.2. The average Bonchev–Trinajstić information content (AvgIpc) is 2.59. The van der Waals surface area contributed by atoms with Crippen LogP contribution in [0.1, 0.15) is 5.56 Å². The lowest BCUT2D eigenvalue weighted by Gasteiger charge is -2.22. The van der Waals surface area contributed by atoms with Crippen molar-refractivity contribution in [2.45, 2.75) is 0 Å². The van der Waals surface area contributed by atoms with Gasteiger partial charge in [0.1, 0.15) is 12.3 Å². The van der Waals surface area contributed by atoms with Gasteiger partial charge in [-0.1, -0.05) is 11.6 Å². The predicted molar refractivity (Wildman–Crippen MR) is 100.0 cm³/mol. The van der Waals surface area contributed by atoms with Gasteiger partial charge in [0.05, 0.1) is 35.7 Å². The highest BCUT2D eigenvalue weighted by molar-refractivity contribution is 7.92. The summed E-state index contributed by atoms with van der Waals surface area (Å²) in [6.45, 7) is -0.429. The number of carbonyl (C=O) groups excluding carboxylic acids is 1. The van der Waals surface area contributed by atoms with E-state index in [1.54, 1.807) is 24.3 Å². The molecule has 0 saturated carbocycles. The van der Waals surface area contributed by atoms with Crippen molar-refractivity contribution in [1.29, 1.82) is 5.26 Å². The zero-order valence-corrected chi connectivity index (χ0v) is 15.6. The van der Waals surface area contributed by atoms with Gasteiger partial charge in [0.2, 0.25) is 15.9 Å². The van der Waals surface area contributed by atoms with Gasteiger partial charge in [-0.25, -0.2) is 8.42 Å². The van der Waals surface area contributed by atoms with E-state index < -0.39 is 22.5 Å². The number of methoxy groups -OCH3 is 1. The third kappa shape index (κ3) is 4.88. The van der Waals surface area contributed by atoms with E-state index in [1.807, 2.05) is 6.07 Å². The number of benzene rings is 2. The zero-order valence-electron chi connectivity index (χ0n) is 14.1. The highest BCUT2D eigenvalue weighted by Crippen LogP contribution is 2.30. The van der Waals surface area contributed by atoms with Crippen LogP contribution in [0, 0.1) is 11.3 Å². The Bertz CT molecular complexity index is 953. The van der Waals surface area contributed by atoms with Crippen molar-refractivity contribution >= 4 is 38.9 Å². The van der Waals surface area contributed by atoms with Crippen LogP contribution in [0.3, 0.4) is 0 Å². The van der Waals surface area contributed by atoms with E-state index in [9.17, 15) is 13.2 Å². The monoisotopic (exact) mass is 393 g/mol. The first-order valence-corrected chi connectivity index (χ1v) is 9.58. The highest BCUT2D eigenvalue weighted by atomic mass is 35.5. The molecule has 2 aromatic rings. The largest absolute Gasteiger partial charge is 0.495 e. The second-order valence-corrected chi connectivity index (χ2v) is 7.64. The fourth-order valence-electron chi connectivity index (χ4n) is 2.17. The van der Waals surface area contributed by atoms with Gasteiger partial charge in [-0.15, -0.1) is 0 Å². The molecule has 0 heterocycles. The van der Waals surface area contributed by atoms with Crippen LogP contribution >= 0.6 is 11.6 Å². The standard InChI is InChI=1S/C17H16ClN3O4S/c1-25-16-8-7-14(9-15(16)18)21(26(2,23)24)11-17(22)20-13-5-3-12(10-19)4-6-13/h3-9H,11H2,1-2H3,(H,20,22). The lowest BCUT2D eigenvalue weighted by atomic mass is 10.2. The summed E-state index contributed by atoms with van der Waals surface area (Å²) >= 11 is 6.05. The third-order valence-electron chi connectivity index (χ3n) is 3.41. The van der Waals surface area contributed by atoms with Gasteiger partial charge < -0.3 is 10.1 Å². The number of amides is 1. The van der Waals surface area contributed by atoms with Crippen molar-refractivity contribution in [1.82, 2.24) is 0 Å². The van der Waals surface area contributed by atoms with Crippen LogP contribution < -0.4 is 14.4 Å². The molecule has 0 fully saturated rings. The second kappa shape index (κ2) is 8.08. The molecule has 2 aromatic carbocycles. The molecule has 136 valence electrons. The first kappa shape index (κ1) is 19.6. The number of hydrogen-bond donors (Lipinski definition) is 1. The number of nitriles is 1. The van der Waals surface area contributed by atoms with Gasteiger partial charge in [0, 0.05) is 5.69 Å². The smallest absolute Gasteiger partial charge is 0.245 e. The number of rotatable bonds is 6. The van der Waals surface area contributed by atoms with E-state index in [0.717, 1.165) is 10.6 Å². The van der Waals surface area contributed by atoms with Gasteiger partial charge >= 0.3 is 0 Å². The van der Waals surface area contributed by atoms with E-state index in [-0.39, 0.29) is 10.7 Å². The second-order valence-electron chi connectivity index (χ2n) is 5.33. The lowest BCUT2D eigenvalue weighted by molar-refractivity contribution is -0.114. The first-order chi connectivity index (χ1) is 12.2. The maximum Gasteiger partial charge on any atom is 0.245 e. The summed E-state index contributed by atoms with van der Waals surface area (Å²) in [5.74, 6) is -0.141. The first-order valence-electron chi connectivity index (χ1n) is 7.36. The van der Waals surface area contributed by atoms with Gasteiger partial charge in [-0.2, -0.15) is 5.26 Å². The van der Waals surface area contributed by atoms with Crippen LogP contribution in [0.4, 0.5) is 11.4 Å². The van der Waals surface area contributed by atoms with E-state index in [0.29, 0.717) is 17.0 Å². The summed E-state index contributed by atoms with van der Waals surface area (Å²) in [4.78, 5) is 12.3. The molecule has 1 amide bonds. The van der Waals surface area contributed by atoms with Crippen molar-refractivity contribution < 1.29 is 17.9 Å². The Hall–Kier alpha value is -2.76. The molecule has 0 bridgehead atoms. The minimum atomic E-state index is -3.72. The molecule has 0 spiro atoms. The molecule has 1 N–H and O–H groups in total.